The molecular formula is C33H53N3O. The first-order valence-corrected chi connectivity index (χ1v) is 14.3. The summed E-state index contributed by atoms with van der Waals surface area (Å²) >= 11 is 0. The van der Waals surface area contributed by atoms with Crippen LogP contribution in [0.25, 0.3) is 0 Å². The standard InChI is InChI=1S/C33H53N3O/c1-7-9-10-13-20-32(36-33(37)21-14-11-12-17-29(8-2)25-34-5)24-27(3)22-23-30-18-15-16-19-31(26-35-6)28(30)4/h11,13-14,16-20,24,32,34-35H,7-10,12,15,21-23,25-26H2,1-6H3,(H,36,37)/b14-11+,20-13-,27-24-,29-17+. The second-order valence-corrected chi connectivity index (χ2v) is 9.88. The number of unbranched alkanes of at least 4 members (excludes halogenated alkanes) is 2. The molecule has 1 atom stereocenters. The van der Waals surface area contributed by atoms with Crippen molar-refractivity contribution in [2.75, 3.05) is 27.2 Å². The molecule has 206 valence electrons. The number of rotatable bonds is 18. The highest BCUT2D eigenvalue weighted by Gasteiger charge is 2.10. The number of amides is 1. The molecule has 0 bridgehead atoms. The van der Waals surface area contributed by atoms with Crippen molar-refractivity contribution in [1.82, 2.24) is 16.0 Å². The third kappa shape index (κ3) is 14.8. The molecule has 0 aromatic heterocycles. The van der Waals surface area contributed by atoms with Gasteiger partial charge in [0.2, 0.25) is 5.91 Å². The second-order valence-electron chi connectivity index (χ2n) is 9.88. The van der Waals surface area contributed by atoms with Crippen molar-refractivity contribution in [3.05, 3.63) is 82.5 Å². The molecule has 0 saturated heterocycles. The van der Waals surface area contributed by atoms with Gasteiger partial charge in [-0.3, -0.25) is 4.79 Å². The number of hydrogen-bond donors (Lipinski definition) is 3. The zero-order valence-corrected chi connectivity index (χ0v) is 24.5. The third-order valence-corrected chi connectivity index (χ3v) is 6.67. The van der Waals surface area contributed by atoms with Crippen LogP contribution in [0.2, 0.25) is 0 Å². The first-order chi connectivity index (χ1) is 17.9. The lowest BCUT2D eigenvalue weighted by molar-refractivity contribution is -0.120. The van der Waals surface area contributed by atoms with Gasteiger partial charge < -0.3 is 16.0 Å². The Hall–Kier alpha value is -2.43. The van der Waals surface area contributed by atoms with Crippen molar-refractivity contribution >= 4 is 5.91 Å². The van der Waals surface area contributed by atoms with Crippen LogP contribution >= 0.6 is 0 Å². The molecule has 0 aliphatic heterocycles. The second kappa shape index (κ2) is 20.6. The van der Waals surface area contributed by atoms with Crippen molar-refractivity contribution in [3.8, 4) is 0 Å². The molecule has 3 N–H and O–H groups in total. The monoisotopic (exact) mass is 507 g/mol. The Kier molecular flexibility index (Phi) is 18.2. The van der Waals surface area contributed by atoms with E-state index in [4.69, 9.17) is 0 Å². The fraction of sp³-hybridized carbons (Fsp3) is 0.545. The van der Waals surface area contributed by atoms with E-state index in [0.717, 1.165) is 51.6 Å². The molecule has 1 unspecified atom stereocenters. The molecule has 1 amide bonds. The summed E-state index contributed by atoms with van der Waals surface area (Å²) in [6.07, 6.45) is 28.5. The van der Waals surface area contributed by atoms with Gasteiger partial charge in [0.15, 0.2) is 0 Å². The minimum atomic E-state index is -0.0683. The van der Waals surface area contributed by atoms with Gasteiger partial charge in [-0.05, 0) is 83.2 Å². The van der Waals surface area contributed by atoms with Crippen LogP contribution in [-0.2, 0) is 4.79 Å². The molecule has 1 aliphatic rings. The minimum absolute atomic E-state index is 0.0633. The van der Waals surface area contributed by atoms with E-state index in [1.807, 2.05) is 20.2 Å². The Morgan fingerprint density at radius 3 is 2.65 bits per heavy atom. The number of likely N-dealkylation sites (N-methyl/N-ethyl adjacent to an activating group) is 2. The average molecular weight is 508 g/mol. The van der Waals surface area contributed by atoms with Crippen molar-refractivity contribution in [2.45, 2.75) is 91.5 Å². The summed E-state index contributed by atoms with van der Waals surface area (Å²) in [5, 5.41) is 9.70. The van der Waals surface area contributed by atoms with E-state index >= 15 is 0 Å². The van der Waals surface area contributed by atoms with Gasteiger partial charge in [-0.25, -0.2) is 0 Å². The lowest BCUT2D eigenvalue weighted by Crippen LogP contribution is -2.31. The first-order valence-electron chi connectivity index (χ1n) is 14.3. The predicted octanol–water partition coefficient (Wildman–Crippen LogP) is 7.26. The average Bonchev–Trinajstić information content (AvgIpc) is 3.05. The summed E-state index contributed by atoms with van der Waals surface area (Å²) in [5.41, 5.74) is 6.90. The van der Waals surface area contributed by atoms with Gasteiger partial charge in [-0.1, -0.05) is 92.5 Å². The van der Waals surface area contributed by atoms with E-state index in [0.29, 0.717) is 6.42 Å². The zero-order valence-electron chi connectivity index (χ0n) is 24.5. The molecule has 1 aliphatic carbocycles. The van der Waals surface area contributed by atoms with Gasteiger partial charge in [0.25, 0.3) is 0 Å². The Labute approximate surface area is 227 Å². The predicted molar refractivity (Wildman–Crippen MR) is 163 cm³/mol. The largest absolute Gasteiger partial charge is 0.346 e. The molecular weight excluding hydrogens is 454 g/mol. The van der Waals surface area contributed by atoms with E-state index in [1.54, 1.807) is 0 Å². The van der Waals surface area contributed by atoms with Gasteiger partial charge >= 0.3 is 0 Å². The molecule has 0 spiro atoms. The third-order valence-electron chi connectivity index (χ3n) is 6.67. The molecule has 0 fully saturated rings. The highest BCUT2D eigenvalue weighted by atomic mass is 16.1. The van der Waals surface area contributed by atoms with E-state index in [1.165, 1.54) is 40.7 Å². The van der Waals surface area contributed by atoms with E-state index in [-0.39, 0.29) is 11.9 Å². The minimum Gasteiger partial charge on any atom is -0.346 e. The van der Waals surface area contributed by atoms with Crippen molar-refractivity contribution in [2.24, 2.45) is 0 Å². The van der Waals surface area contributed by atoms with Gasteiger partial charge in [-0.2, -0.15) is 0 Å². The lowest BCUT2D eigenvalue weighted by atomic mass is 9.95. The number of allylic oxidation sites excluding steroid dienone is 8. The van der Waals surface area contributed by atoms with Gasteiger partial charge in [0.05, 0.1) is 6.04 Å². The van der Waals surface area contributed by atoms with Gasteiger partial charge in [0.1, 0.15) is 0 Å². The molecule has 1 rings (SSSR count). The maximum Gasteiger partial charge on any atom is 0.224 e. The molecule has 0 aromatic rings. The van der Waals surface area contributed by atoms with Crippen LogP contribution < -0.4 is 16.0 Å². The van der Waals surface area contributed by atoms with Crippen LogP contribution in [0.4, 0.5) is 0 Å². The molecule has 0 radical (unpaired) electrons. The molecule has 0 aromatic carbocycles. The molecule has 0 heterocycles. The Balaban J connectivity index is 2.76. The summed E-state index contributed by atoms with van der Waals surface area (Å²) < 4.78 is 0. The van der Waals surface area contributed by atoms with Crippen LogP contribution in [0.3, 0.4) is 0 Å². The van der Waals surface area contributed by atoms with Gasteiger partial charge in [0, 0.05) is 19.5 Å². The van der Waals surface area contributed by atoms with Crippen LogP contribution in [0.5, 0.6) is 0 Å². The highest BCUT2D eigenvalue weighted by molar-refractivity contribution is 5.78. The summed E-state index contributed by atoms with van der Waals surface area (Å²) in [7, 11) is 3.97. The highest BCUT2D eigenvalue weighted by Crippen LogP contribution is 2.25. The van der Waals surface area contributed by atoms with Crippen LogP contribution in [0.1, 0.15) is 85.5 Å². The Bertz CT molecular complexity index is 883. The summed E-state index contributed by atoms with van der Waals surface area (Å²) in [6, 6.07) is -0.0683. The normalized spacial score (nSPS) is 16.0. The Morgan fingerprint density at radius 2 is 1.95 bits per heavy atom. The summed E-state index contributed by atoms with van der Waals surface area (Å²) in [5.74, 6) is 0.0633. The van der Waals surface area contributed by atoms with E-state index in [9.17, 15) is 4.79 Å². The van der Waals surface area contributed by atoms with Crippen molar-refractivity contribution < 1.29 is 4.79 Å². The van der Waals surface area contributed by atoms with Crippen molar-refractivity contribution in [1.29, 1.82) is 0 Å². The fourth-order valence-electron chi connectivity index (χ4n) is 4.34. The van der Waals surface area contributed by atoms with Crippen molar-refractivity contribution in [3.63, 3.8) is 0 Å². The zero-order chi connectivity index (χ0) is 27.3. The van der Waals surface area contributed by atoms with Crippen LogP contribution in [0, 0.1) is 0 Å². The topological polar surface area (TPSA) is 53.2 Å². The van der Waals surface area contributed by atoms with Gasteiger partial charge in [-0.15, -0.1) is 0 Å². The van der Waals surface area contributed by atoms with Crippen LogP contribution in [-0.4, -0.2) is 39.1 Å². The van der Waals surface area contributed by atoms with Crippen LogP contribution in [0.15, 0.2) is 82.5 Å². The smallest absolute Gasteiger partial charge is 0.224 e. The summed E-state index contributed by atoms with van der Waals surface area (Å²) in [4.78, 5) is 12.7. The SMILES string of the molecule is CCCC/C=C\C(/C=C(/C)CCC1=CCC=CC(CNC)=C1C)NC(=O)C/C=C/C/C=C(\CC)CNC. The molecule has 4 heteroatoms. The van der Waals surface area contributed by atoms with E-state index in [2.05, 4.69) is 92.3 Å². The molecule has 37 heavy (non-hydrogen) atoms. The number of hydrogen-bond acceptors (Lipinski definition) is 3. The lowest BCUT2D eigenvalue weighted by Gasteiger charge is -2.14. The number of carbonyl (C=O) groups is 1. The summed E-state index contributed by atoms with van der Waals surface area (Å²) in [6.45, 7) is 10.6. The quantitative estimate of drug-likeness (QED) is 0.135. The maximum atomic E-state index is 12.7. The fourth-order valence-corrected chi connectivity index (χ4v) is 4.34. The molecule has 4 nitrogen and oxygen atoms in total. The number of nitrogens with one attached hydrogen (secondary N) is 3. The Morgan fingerprint density at radius 1 is 1.14 bits per heavy atom. The van der Waals surface area contributed by atoms with E-state index < -0.39 is 0 Å². The maximum absolute atomic E-state index is 12.7. The number of carbonyl (C=O) groups excluding carboxylic acids is 1. The molecule has 0 saturated carbocycles. The first kappa shape index (κ1) is 32.6.